The van der Waals surface area contributed by atoms with E-state index in [4.69, 9.17) is 0 Å². The lowest BCUT2D eigenvalue weighted by Gasteiger charge is -2.51. The van der Waals surface area contributed by atoms with Gasteiger partial charge in [0.25, 0.3) is 0 Å². The zero-order valence-corrected chi connectivity index (χ0v) is 15.2. The zero-order valence-electron chi connectivity index (χ0n) is 15.2. The van der Waals surface area contributed by atoms with E-state index in [0.29, 0.717) is 18.6 Å². The number of nitrogens with zero attached hydrogens (tertiary/aromatic N) is 2. The Morgan fingerprint density at radius 2 is 2.00 bits per heavy atom. The fourth-order valence-electron chi connectivity index (χ4n) is 4.31. The molecule has 1 heterocycles. The van der Waals surface area contributed by atoms with Crippen molar-refractivity contribution >= 4 is 5.91 Å². The van der Waals surface area contributed by atoms with Crippen LogP contribution in [0.2, 0.25) is 0 Å². The van der Waals surface area contributed by atoms with Crippen molar-refractivity contribution in [3.63, 3.8) is 0 Å². The molecular weight excluding hydrogens is 298 g/mol. The second-order valence-corrected chi connectivity index (χ2v) is 7.68. The van der Waals surface area contributed by atoms with Gasteiger partial charge in [-0.1, -0.05) is 49.1 Å². The Labute approximate surface area is 146 Å². The van der Waals surface area contributed by atoms with E-state index >= 15 is 0 Å². The average Bonchev–Trinajstić information content (AvgIpc) is 2.57. The Kier molecular flexibility index (Phi) is 5.57. The van der Waals surface area contributed by atoms with Gasteiger partial charge in [-0.15, -0.1) is 0 Å². The van der Waals surface area contributed by atoms with Crippen LogP contribution in [0.15, 0.2) is 24.3 Å². The van der Waals surface area contributed by atoms with E-state index in [2.05, 4.69) is 47.3 Å². The van der Waals surface area contributed by atoms with E-state index in [9.17, 15) is 4.79 Å². The van der Waals surface area contributed by atoms with Gasteiger partial charge in [0.05, 0.1) is 6.54 Å². The van der Waals surface area contributed by atoms with Gasteiger partial charge in [-0.25, -0.2) is 0 Å². The monoisotopic (exact) mass is 329 g/mol. The molecule has 1 aliphatic heterocycles. The summed E-state index contributed by atoms with van der Waals surface area (Å²) < 4.78 is 0. The molecule has 0 unspecified atom stereocenters. The summed E-state index contributed by atoms with van der Waals surface area (Å²) in [4.78, 5) is 17.3. The normalized spacial score (nSPS) is 21.8. The molecule has 2 aliphatic rings. The molecular formula is C20H31N3O. The minimum Gasteiger partial charge on any atom is -0.351 e. The lowest BCUT2D eigenvalue weighted by Crippen LogP contribution is -2.62. The number of piperazine rings is 1. The van der Waals surface area contributed by atoms with E-state index in [1.165, 1.54) is 43.2 Å². The Morgan fingerprint density at radius 3 is 2.75 bits per heavy atom. The van der Waals surface area contributed by atoms with Crippen molar-refractivity contribution in [3.8, 4) is 0 Å². The Morgan fingerprint density at radius 1 is 1.21 bits per heavy atom. The van der Waals surface area contributed by atoms with Crippen LogP contribution in [0.4, 0.5) is 0 Å². The molecule has 3 rings (SSSR count). The molecule has 132 valence electrons. The lowest BCUT2D eigenvalue weighted by molar-refractivity contribution is -0.124. The van der Waals surface area contributed by atoms with E-state index in [0.717, 1.165) is 19.6 Å². The van der Waals surface area contributed by atoms with Crippen molar-refractivity contribution in [2.75, 3.05) is 33.2 Å². The first kappa shape index (κ1) is 17.4. The van der Waals surface area contributed by atoms with E-state index in [1.54, 1.807) is 0 Å². The van der Waals surface area contributed by atoms with Crippen LogP contribution in [-0.2, 0) is 11.3 Å². The molecule has 0 atom stereocenters. The number of carbonyl (C=O) groups is 1. The standard InChI is InChI=1S/C20H31N3O/c1-17-7-6-8-18(13-17)14-21-19(24)15-23-12-11-22(2)20(16-23)9-4-3-5-10-20/h6-8,13H,3-5,9-12,14-16H2,1-2H3,(H,21,24). The summed E-state index contributed by atoms with van der Waals surface area (Å²) in [6, 6.07) is 8.33. The van der Waals surface area contributed by atoms with Crippen molar-refractivity contribution in [1.82, 2.24) is 15.1 Å². The number of rotatable bonds is 4. The van der Waals surface area contributed by atoms with E-state index in [-0.39, 0.29) is 5.91 Å². The van der Waals surface area contributed by atoms with Crippen molar-refractivity contribution in [2.45, 2.75) is 51.1 Å². The van der Waals surface area contributed by atoms with Gasteiger partial charge in [0.1, 0.15) is 0 Å². The molecule has 1 aromatic rings. The van der Waals surface area contributed by atoms with Gasteiger partial charge >= 0.3 is 0 Å². The predicted octanol–water partition coefficient (Wildman–Crippen LogP) is 2.56. The maximum Gasteiger partial charge on any atom is 0.234 e. The van der Waals surface area contributed by atoms with Gasteiger partial charge in [-0.05, 0) is 32.4 Å². The van der Waals surface area contributed by atoms with Crippen LogP contribution in [0.1, 0.15) is 43.2 Å². The van der Waals surface area contributed by atoms with Gasteiger partial charge < -0.3 is 5.32 Å². The number of hydrogen-bond donors (Lipinski definition) is 1. The van der Waals surface area contributed by atoms with E-state index in [1.807, 2.05) is 6.07 Å². The number of likely N-dealkylation sites (N-methyl/N-ethyl adjacent to an activating group) is 1. The number of benzene rings is 1. The zero-order chi connectivity index (χ0) is 17.0. The molecule has 0 radical (unpaired) electrons. The highest BCUT2D eigenvalue weighted by Gasteiger charge is 2.40. The summed E-state index contributed by atoms with van der Waals surface area (Å²) in [5.41, 5.74) is 2.72. The first-order valence-electron chi connectivity index (χ1n) is 9.33. The van der Waals surface area contributed by atoms with Crippen LogP contribution in [0.5, 0.6) is 0 Å². The van der Waals surface area contributed by atoms with Gasteiger partial charge in [0.2, 0.25) is 5.91 Å². The number of amides is 1. The molecule has 2 fully saturated rings. The van der Waals surface area contributed by atoms with Gasteiger partial charge in [0.15, 0.2) is 0 Å². The van der Waals surface area contributed by atoms with Crippen molar-refractivity contribution < 1.29 is 4.79 Å². The first-order valence-corrected chi connectivity index (χ1v) is 9.33. The maximum absolute atomic E-state index is 12.4. The van der Waals surface area contributed by atoms with Crippen LogP contribution in [0.25, 0.3) is 0 Å². The van der Waals surface area contributed by atoms with Crippen molar-refractivity contribution in [3.05, 3.63) is 35.4 Å². The van der Waals surface area contributed by atoms with Crippen LogP contribution in [0, 0.1) is 6.92 Å². The number of carbonyl (C=O) groups excluding carboxylic acids is 1. The molecule has 1 amide bonds. The smallest absolute Gasteiger partial charge is 0.234 e. The molecule has 1 aliphatic carbocycles. The molecule has 4 nitrogen and oxygen atoms in total. The number of aryl methyl sites for hydroxylation is 1. The highest BCUT2D eigenvalue weighted by Crippen LogP contribution is 2.35. The Hall–Kier alpha value is -1.39. The fraction of sp³-hybridized carbons (Fsp3) is 0.650. The quantitative estimate of drug-likeness (QED) is 0.922. The summed E-state index contributed by atoms with van der Waals surface area (Å²) in [6.07, 6.45) is 6.60. The molecule has 0 aromatic heterocycles. The summed E-state index contributed by atoms with van der Waals surface area (Å²) in [6.45, 7) is 6.35. The molecule has 1 saturated heterocycles. The summed E-state index contributed by atoms with van der Waals surface area (Å²) in [5, 5.41) is 3.08. The second kappa shape index (κ2) is 7.66. The maximum atomic E-state index is 12.4. The minimum absolute atomic E-state index is 0.145. The third kappa shape index (κ3) is 4.17. The highest BCUT2D eigenvalue weighted by atomic mass is 16.2. The molecule has 24 heavy (non-hydrogen) atoms. The molecule has 1 aromatic carbocycles. The third-order valence-electron chi connectivity index (χ3n) is 5.80. The number of nitrogens with one attached hydrogen (secondary N) is 1. The molecule has 1 saturated carbocycles. The molecule has 0 bridgehead atoms. The summed E-state index contributed by atoms with van der Waals surface area (Å²) in [5.74, 6) is 0.145. The lowest BCUT2D eigenvalue weighted by atomic mass is 9.79. The average molecular weight is 329 g/mol. The number of hydrogen-bond acceptors (Lipinski definition) is 3. The summed E-state index contributed by atoms with van der Waals surface area (Å²) in [7, 11) is 2.26. The van der Waals surface area contributed by atoms with Crippen LogP contribution in [-0.4, -0.2) is 54.5 Å². The first-order chi connectivity index (χ1) is 11.6. The minimum atomic E-state index is 0.145. The third-order valence-corrected chi connectivity index (χ3v) is 5.80. The van der Waals surface area contributed by atoms with Gasteiger partial charge in [0, 0.05) is 31.7 Å². The van der Waals surface area contributed by atoms with Crippen LogP contribution in [0.3, 0.4) is 0 Å². The van der Waals surface area contributed by atoms with Crippen LogP contribution >= 0.6 is 0 Å². The molecule has 1 spiro atoms. The van der Waals surface area contributed by atoms with Gasteiger partial charge in [-0.2, -0.15) is 0 Å². The van der Waals surface area contributed by atoms with Gasteiger partial charge in [-0.3, -0.25) is 14.6 Å². The SMILES string of the molecule is Cc1cccc(CNC(=O)CN2CCN(C)C3(CCCCC3)C2)c1. The predicted molar refractivity (Wildman–Crippen MR) is 97.9 cm³/mol. The van der Waals surface area contributed by atoms with Crippen LogP contribution < -0.4 is 5.32 Å². The van der Waals surface area contributed by atoms with Crippen molar-refractivity contribution in [2.24, 2.45) is 0 Å². The molecule has 1 N–H and O–H groups in total. The topological polar surface area (TPSA) is 35.6 Å². The largest absolute Gasteiger partial charge is 0.351 e. The molecule has 4 heteroatoms. The van der Waals surface area contributed by atoms with Crippen molar-refractivity contribution in [1.29, 1.82) is 0 Å². The fourth-order valence-corrected chi connectivity index (χ4v) is 4.31. The summed E-state index contributed by atoms with van der Waals surface area (Å²) >= 11 is 0. The Balaban J connectivity index is 1.51. The highest BCUT2D eigenvalue weighted by molar-refractivity contribution is 5.78. The second-order valence-electron chi connectivity index (χ2n) is 7.68. The Bertz CT molecular complexity index is 566. The van der Waals surface area contributed by atoms with E-state index < -0.39 is 0 Å².